The molecule has 0 aromatic carbocycles. The van der Waals surface area contributed by atoms with E-state index in [9.17, 15) is 14.4 Å². The fourth-order valence-corrected chi connectivity index (χ4v) is 9.46. The fourth-order valence-electron chi connectivity index (χ4n) is 9.46. The van der Waals surface area contributed by atoms with Gasteiger partial charge >= 0.3 is 17.9 Å². The Morgan fingerprint density at radius 3 is 0.859 bits per heavy atom. The minimum Gasteiger partial charge on any atom is -0.462 e. The van der Waals surface area contributed by atoms with Crippen molar-refractivity contribution in [1.29, 1.82) is 0 Å². The van der Waals surface area contributed by atoms with Gasteiger partial charge in [-0.05, 0) is 51.4 Å². The Morgan fingerprint density at radius 2 is 0.549 bits per heavy atom. The van der Waals surface area contributed by atoms with Crippen molar-refractivity contribution in [2.75, 3.05) is 13.2 Å². The molecule has 6 heteroatoms. The topological polar surface area (TPSA) is 78.9 Å². The number of hydrogen-bond donors (Lipinski definition) is 0. The summed E-state index contributed by atoms with van der Waals surface area (Å²) in [4.78, 5) is 38.2. The minimum absolute atomic E-state index is 0.0791. The summed E-state index contributed by atoms with van der Waals surface area (Å²) in [5.41, 5.74) is 0. The number of rotatable bonds is 58. The lowest BCUT2D eigenvalue weighted by atomic mass is 10.0. The van der Waals surface area contributed by atoms with Crippen LogP contribution in [0.3, 0.4) is 0 Å². The van der Waals surface area contributed by atoms with Gasteiger partial charge in [-0.3, -0.25) is 14.4 Å². The zero-order valence-corrected chi connectivity index (χ0v) is 47.8. The summed E-state index contributed by atoms with van der Waals surface area (Å²) < 4.78 is 16.9. The van der Waals surface area contributed by atoms with Gasteiger partial charge in [-0.25, -0.2) is 0 Å². The van der Waals surface area contributed by atoms with E-state index in [1.54, 1.807) is 0 Å². The Labute approximate surface area is 442 Å². The quantitative estimate of drug-likeness (QED) is 0.0261. The standard InChI is InChI=1S/C65H120O6/c1-4-7-10-13-16-19-22-25-26-27-28-29-30-31-32-33-34-35-36-37-38-41-43-46-49-52-55-58-64(67)70-61-62(71-65(68)59-56-53-50-47-44-40-24-21-18-15-12-9-6-3)60-69-63(66)57-54-51-48-45-42-39-23-20-17-14-11-8-5-2/h9,12,18,21,40,44,62H,4-8,10-11,13-17,19-20,22-39,41-43,45-61H2,1-3H3/b12-9-,21-18-,44-40-. The van der Waals surface area contributed by atoms with Crippen LogP contribution in [-0.2, 0) is 28.6 Å². The van der Waals surface area contributed by atoms with Crippen LogP contribution >= 0.6 is 0 Å². The van der Waals surface area contributed by atoms with Crippen LogP contribution in [0.1, 0.15) is 342 Å². The van der Waals surface area contributed by atoms with E-state index >= 15 is 0 Å². The molecule has 0 rings (SSSR count). The SMILES string of the molecule is CC/C=C\C/C=C\C/C=C\CCCCCC(=O)OC(COC(=O)CCCCCCCCCCCCCCC)COC(=O)CCCCCCCCCCCCCCCCCCCCCCCCCCCCC. The summed E-state index contributed by atoms with van der Waals surface area (Å²) in [5.74, 6) is -0.888. The van der Waals surface area contributed by atoms with E-state index in [0.717, 1.165) is 83.5 Å². The highest BCUT2D eigenvalue weighted by Gasteiger charge is 2.19. The Morgan fingerprint density at radius 1 is 0.296 bits per heavy atom. The molecule has 0 aliphatic rings. The molecule has 416 valence electrons. The van der Waals surface area contributed by atoms with Gasteiger partial charge in [0.15, 0.2) is 6.10 Å². The minimum atomic E-state index is -0.783. The molecule has 0 bridgehead atoms. The van der Waals surface area contributed by atoms with Crippen LogP contribution in [-0.4, -0.2) is 37.2 Å². The van der Waals surface area contributed by atoms with Gasteiger partial charge in [-0.2, -0.15) is 0 Å². The molecule has 0 aliphatic carbocycles. The summed E-state index contributed by atoms with van der Waals surface area (Å²) in [7, 11) is 0. The van der Waals surface area contributed by atoms with Crippen molar-refractivity contribution in [3.8, 4) is 0 Å². The zero-order chi connectivity index (χ0) is 51.4. The van der Waals surface area contributed by atoms with Gasteiger partial charge in [0.2, 0.25) is 0 Å². The van der Waals surface area contributed by atoms with Gasteiger partial charge in [-0.1, -0.05) is 308 Å². The molecule has 0 saturated heterocycles. The van der Waals surface area contributed by atoms with Crippen molar-refractivity contribution in [2.24, 2.45) is 0 Å². The number of ether oxygens (including phenoxy) is 3. The van der Waals surface area contributed by atoms with Crippen LogP contribution < -0.4 is 0 Å². The van der Waals surface area contributed by atoms with E-state index < -0.39 is 6.10 Å². The van der Waals surface area contributed by atoms with Crippen LogP contribution in [0.2, 0.25) is 0 Å². The van der Waals surface area contributed by atoms with Crippen LogP contribution in [0.25, 0.3) is 0 Å². The summed E-state index contributed by atoms with van der Waals surface area (Å²) in [6, 6.07) is 0. The predicted octanol–water partition coefficient (Wildman–Crippen LogP) is 21.2. The van der Waals surface area contributed by atoms with Crippen molar-refractivity contribution in [1.82, 2.24) is 0 Å². The molecular weight excluding hydrogens is 877 g/mol. The average Bonchev–Trinajstić information content (AvgIpc) is 3.37. The second-order valence-electron chi connectivity index (χ2n) is 21.3. The summed E-state index contributed by atoms with van der Waals surface area (Å²) in [5, 5.41) is 0. The van der Waals surface area contributed by atoms with Gasteiger partial charge in [-0.15, -0.1) is 0 Å². The number of carbonyl (C=O) groups excluding carboxylic acids is 3. The Bertz CT molecular complexity index is 1190. The zero-order valence-electron chi connectivity index (χ0n) is 47.8. The predicted molar refractivity (Wildman–Crippen MR) is 307 cm³/mol. The maximum Gasteiger partial charge on any atom is 0.306 e. The van der Waals surface area contributed by atoms with Crippen molar-refractivity contribution < 1.29 is 28.6 Å². The van der Waals surface area contributed by atoms with Crippen molar-refractivity contribution in [3.05, 3.63) is 36.5 Å². The van der Waals surface area contributed by atoms with Crippen LogP contribution in [0, 0.1) is 0 Å². The van der Waals surface area contributed by atoms with E-state index in [0.29, 0.717) is 19.3 Å². The first kappa shape index (κ1) is 68.6. The second kappa shape index (κ2) is 60.2. The first-order chi connectivity index (χ1) is 35.0. The number of esters is 3. The summed E-state index contributed by atoms with van der Waals surface area (Å²) in [6.07, 6.45) is 73.2. The molecule has 0 N–H and O–H groups in total. The van der Waals surface area contributed by atoms with Crippen LogP contribution in [0.4, 0.5) is 0 Å². The smallest absolute Gasteiger partial charge is 0.306 e. The van der Waals surface area contributed by atoms with E-state index in [4.69, 9.17) is 14.2 Å². The molecule has 0 radical (unpaired) electrons. The van der Waals surface area contributed by atoms with Gasteiger partial charge in [0.25, 0.3) is 0 Å². The third-order valence-electron chi connectivity index (χ3n) is 14.2. The molecule has 6 nitrogen and oxygen atoms in total. The lowest BCUT2D eigenvalue weighted by Crippen LogP contribution is -2.30. The molecular formula is C65H120O6. The van der Waals surface area contributed by atoms with Crippen LogP contribution in [0.15, 0.2) is 36.5 Å². The van der Waals surface area contributed by atoms with Crippen molar-refractivity contribution in [2.45, 2.75) is 348 Å². The molecule has 0 aromatic rings. The largest absolute Gasteiger partial charge is 0.462 e. The normalized spacial score (nSPS) is 12.2. The van der Waals surface area contributed by atoms with Gasteiger partial charge < -0.3 is 14.2 Å². The molecule has 0 spiro atoms. The highest BCUT2D eigenvalue weighted by Crippen LogP contribution is 2.18. The Kier molecular flexibility index (Phi) is 58.2. The van der Waals surface area contributed by atoms with Gasteiger partial charge in [0.1, 0.15) is 13.2 Å². The molecule has 71 heavy (non-hydrogen) atoms. The maximum atomic E-state index is 12.8. The first-order valence-corrected chi connectivity index (χ1v) is 31.5. The van der Waals surface area contributed by atoms with Gasteiger partial charge in [0.05, 0.1) is 0 Å². The first-order valence-electron chi connectivity index (χ1n) is 31.5. The number of hydrogen-bond acceptors (Lipinski definition) is 6. The lowest BCUT2D eigenvalue weighted by molar-refractivity contribution is -0.167. The van der Waals surface area contributed by atoms with E-state index in [1.165, 1.54) is 218 Å². The number of allylic oxidation sites excluding steroid dienone is 6. The highest BCUT2D eigenvalue weighted by atomic mass is 16.6. The molecule has 0 heterocycles. The fraction of sp³-hybridized carbons (Fsp3) is 0.862. The van der Waals surface area contributed by atoms with E-state index in [2.05, 4.69) is 57.2 Å². The van der Waals surface area contributed by atoms with Crippen molar-refractivity contribution in [3.63, 3.8) is 0 Å². The molecule has 0 fully saturated rings. The summed E-state index contributed by atoms with van der Waals surface area (Å²) in [6.45, 7) is 6.55. The van der Waals surface area contributed by atoms with Gasteiger partial charge in [0, 0.05) is 19.3 Å². The average molecular weight is 998 g/mol. The third-order valence-corrected chi connectivity index (χ3v) is 14.2. The van der Waals surface area contributed by atoms with Crippen LogP contribution in [0.5, 0.6) is 0 Å². The molecule has 0 saturated carbocycles. The molecule has 1 unspecified atom stereocenters. The second-order valence-corrected chi connectivity index (χ2v) is 21.3. The maximum absolute atomic E-state index is 12.8. The molecule has 1 atom stereocenters. The molecule has 0 aliphatic heterocycles. The van der Waals surface area contributed by atoms with E-state index in [-0.39, 0.29) is 31.1 Å². The number of carbonyl (C=O) groups is 3. The monoisotopic (exact) mass is 997 g/mol. The van der Waals surface area contributed by atoms with E-state index in [1.807, 2.05) is 0 Å². The summed E-state index contributed by atoms with van der Waals surface area (Å²) >= 11 is 0. The van der Waals surface area contributed by atoms with Crippen molar-refractivity contribution >= 4 is 17.9 Å². The highest BCUT2D eigenvalue weighted by molar-refractivity contribution is 5.71. The number of unbranched alkanes of at least 4 members (excludes halogenated alkanes) is 41. The molecule has 0 aromatic heterocycles. The lowest BCUT2D eigenvalue weighted by Gasteiger charge is -2.18. The Hall–Kier alpha value is -2.37. The third kappa shape index (κ3) is 58.4. The molecule has 0 amide bonds. The Balaban J connectivity index is 4.16.